The highest BCUT2D eigenvalue weighted by Gasteiger charge is 2.76. The average molecular weight is 358 g/mol. The van der Waals surface area contributed by atoms with Crippen molar-refractivity contribution in [2.45, 2.75) is 37.5 Å². The average Bonchev–Trinajstić information content (AvgIpc) is 2.96. The summed E-state index contributed by atoms with van der Waals surface area (Å²) in [5.74, 6) is -3.26. The van der Waals surface area contributed by atoms with E-state index in [0.717, 1.165) is 0 Å². The van der Waals surface area contributed by atoms with Crippen molar-refractivity contribution in [2.75, 3.05) is 13.0 Å². The molecule has 3 N–H and O–H groups in total. The SMILES string of the molecule is CCOCP1(=O)OC1(O)C(=O)OOC(=O)C(O)(O)[Si](C)(C)C. The highest BCUT2D eigenvalue weighted by Crippen LogP contribution is 2.76. The molecule has 1 fully saturated rings. The van der Waals surface area contributed by atoms with Crippen LogP contribution in [0.2, 0.25) is 19.6 Å². The maximum atomic E-state index is 11.8. The number of rotatable bonds is 6. The number of carbonyl (C=O) groups excluding carboxylic acids is 2. The zero-order chi connectivity index (χ0) is 17.4. The maximum Gasteiger partial charge on any atom is 0.425 e. The molecule has 0 aliphatic carbocycles. The summed E-state index contributed by atoms with van der Waals surface area (Å²) in [6, 6.07) is 0. The third-order valence-electron chi connectivity index (χ3n) is 2.96. The van der Waals surface area contributed by atoms with Gasteiger partial charge in [0.05, 0.1) is 0 Å². The molecular weight excluding hydrogens is 339 g/mol. The van der Waals surface area contributed by atoms with E-state index in [9.17, 15) is 29.5 Å². The van der Waals surface area contributed by atoms with E-state index in [-0.39, 0.29) is 6.61 Å². The van der Waals surface area contributed by atoms with Gasteiger partial charge in [-0.1, -0.05) is 19.6 Å². The Kier molecular flexibility index (Phi) is 5.25. The monoisotopic (exact) mass is 358 g/mol. The summed E-state index contributed by atoms with van der Waals surface area (Å²) in [7, 11) is -6.61. The van der Waals surface area contributed by atoms with Crippen LogP contribution in [-0.4, -0.2) is 59.2 Å². The number of aliphatic hydroxyl groups is 3. The van der Waals surface area contributed by atoms with E-state index in [1.165, 1.54) is 19.6 Å². The molecule has 0 aromatic heterocycles. The van der Waals surface area contributed by atoms with Crippen LogP contribution in [0.25, 0.3) is 0 Å². The Morgan fingerprint density at radius 1 is 1.27 bits per heavy atom. The van der Waals surface area contributed by atoms with Gasteiger partial charge in [0.1, 0.15) is 14.4 Å². The molecule has 22 heavy (non-hydrogen) atoms. The molecule has 0 radical (unpaired) electrons. The van der Waals surface area contributed by atoms with Crippen LogP contribution in [0.5, 0.6) is 0 Å². The minimum absolute atomic E-state index is 0.182. The van der Waals surface area contributed by atoms with Crippen LogP contribution < -0.4 is 0 Å². The van der Waals surface area contributed by atoms with Gasteiger partial charge in [0, 0.05) is 6.61 Å². The van der Waals surface area contributed by atoms with Crippen LogP contribution >= 0.6 is 7.37 Å². The summed E-state index contributed by atoms with van der Waals surface area (Å²) < 4.78 is 21.1. The van der Waals surface area contributed by atoms with E-state index in [2.05, 4.69) is 14.3 Å². The van der Waals surface area contributed by atoms with E-state index < -0.39 is 44.7 Å². The van der Waals surface area contributed by atoms with Crippen molar-refractivity contribution in [1.82, 2.24) is 0 Å². The van der Waals surface area contributed by atoms with Crippen molar-refractivity contribution in [3.05, 3.63) is 0 Å². The summed E-state index contributed by atoms with van der Waals surface area (Å²) in [4.78, 5) is 31.1. The maximum absolute atomic E-state index is 11.8. The van der Waals surface area contributed by atoms with E-state index in [4.69, 9.17) is 4.74 Å². The first-order valence-corrected chi connectivity index (χ1v) is 11.6. The number of hydrogen-bond donors (Lipinski definition) is 3. The van der Waals surface area contributed by atoms with Crippen molar-refractivity contribution < 1.29 is 48.5 Å². The van der Waals surface area contributed by atoms with Crippen LogP contribution in [-0.2, 0) is 33.2 Å². The first-order chi connectivity index (χ1) is 9.82. The lowest BCUT2D eigenvalue weighted by Gasteiger charge is -2.29. The fraction of sp³-hybridized carbons (Fsp3) is 0.800. The Bertz CT molecular complexity index is 512. The topological polar surface area (TPSA) is 152 Å². The first-order valence-electron chi connectivity index (χ1n) is 6.30. The predicted octanol–water partition coefficient (Wildman–Crippen LogP) is -0.506. The molecule has 12 heteroatoms. The van der Waals surface area contributed by atoms with E-state index in [1.54, 1.807) is 6.92 Å². The lowest BCUT2D eigenvalue weighted by Crippen LogP contribution is -2.58. The Morgan fingerprint density at radius 2 is 1.82 bits per heavy atom. The Balaban J connectivity index is 2.62. The van der Waals surface area contributed by atoms with Crippen molar-refractivity contribution in [3.63, 3.8) is 0 Å². The summed E-state index contributed by atoms with van der Waals surface area (Å²) in [5, 5.41) is 29.0. The molecule has 2 unspecified atom stereocenters. The number of carbonyl (C=O) groups is 2. The molecule has 0 aromatic rings. The van der Waals surface area contributed by atoms with Gasteiger partial charge in [0.2, 0.25) is 5.41 Å². The molecule has 1 saturated heterocycles. The van der Waals surface area contributed by atoms with Crippen LogP contribution in [0.4, 0.5) is 0 Å². The largest absolute Gasteiger partial charge is 0.425 e. The zero-order valence-corrected chi connectivity index (χ0v) is 14.5. The van der Waals surface area contributed by atoms with Crippen molar-refractivity contribution in [1.29, 1.82) is 0 Å². The fourth-order valence-corrected chi connectivity index (χ4v) is 3.52. The Labute approximate surface area is 127 Å². The molecule has 0 amide bonds. The quantitative estimate of drug-likeness (QED) is 0.141. The summed E-state index contributed by atoms with van der Waals surface area (Å²) in [6.07, 6.45) is -0.512. The van der Waals surface area contributed by atoms with Crippen LogP contribution in [0.1, 0.15) is 6.92 Å². The lowest BCUT2D eigenvalue weighted by molar-refractivity contribution is -0.286. The summed E-state index contributed by atoms with van der Waals surface area (Å²) in [5.41, 5.74) is -5.56. The third-order valence-corrected chi connectivity index (χ3v) is 7.37. The molecule has 10 nitrogen and oxygen atoms in total. The van der Waals surface area contributed by atoms with Crippen LogP contribution in [0.3, 0.4) is 0 Å². The third kappa shape index (κ3) is 3.40. The predicted molar refractivity (Wildman–Crippen MR) is 72.8 cm³/mol. The van der Waals surface area contributed by atoms with Gasteiger partial charge in [-0.15, -0.1) is 0 Å². The van der Waals surface area contributed by atoms with Crippen molar-refractivity contribution in [2.24, 2.45) is 0 Å². The molecule has 1 aliphatic rings. The molecule has 0 aromatic carbocycles. The first kappa shape index (κ1) is 19.2. The highest BCUT2D eigenvalue weighted by molar-refractivity contribution is 7.67. The minimum atomic E-state index is -3.79. The molecule has 1 aliphatic heterocycles. The van der Waals surface area contributed by atoms with E-state index >= 15 is 0 Å². The minimum Gasteiger partial charge on any atom is -0.371 e. The van der Waals surface area contributed by atoms with Gasteiger partial charge in [-0.05, 0) is 6.92 Å². The summed E-state index contributed by atoms with van der Waals surface area (Å²) in [6.45, 7) is 6.17. The van der Waals surface area contributed by atoms with E-state index in [1.807, 2.05) is 0 Å². The van der Waals surface area contributed by atoms with Gasteiger partial charge in [-0.2, -0.15) is 0 Å². The van der Waals surface area contributed by atoms with Crippen molar-refractivity contribution >= 4 is 27.4 Å². The van der Waals surface area contributed by atoms with Gasteiger partial charge in [0.15, 0.2) is 0 Å². The van der Waals surface area contributed by atoms with Gasteiger partial charge in [-0.25, -0.2) is 19.4 Å². The normalized spacial score (nSPS) is 28.1. The lowest BCUT2D eigenvalue weighted by atomic mass is 10.6. The molecule has 0 saturated carbocycles. The van der Waals surface area contributed by atoms with E-state index in [0.29, 0.717) is 0 Å². The summed E-state index contributed by atoms with van der Waals surface area (Å²) >= 11 is 0. The zero-order valence-electron chi connectivity index (χ0n) is 12.6. The molecule has 0 spiro atoms. The second kappa shape index (κ2) is 6.00. The second-order valence-electron chi connectivity index (χ2n) is 5.66. The molecule has 0 bridgehead atoms. The molecular formula is C10H19O10PSi. The van der Waals surface area contributed by atoms with Crippen LogP contribution in [0, 0.1) is 0 Å². The Hall–Kier alpha value is -0.813. The molecule has 128 valence electrons. The van der Waals surface area contributed by atoms with Gasteiger partial charge in [0.25, 0.3) is 0 Å². The molecule has 2 atom stereocenters. The van der Waals surface area contributed by atoms with Crippen LogP contribution in [0.15, 0.2) is 0 Å². The number of hydrogen-bond acceptors (Lipinski definition) is 10. The van der Waals surface area contributed by atoms with Gasteiger partial charge < -0.3 is 20.1 Å². The second-order valence-corrected chi connectivity index (χ2v) is 13.2. The number of ether oxygens (including phenoxy) is 1. The molecule has 1 rings (SSSR count). The fourth-order valence-electron chi connectivity index (χ4n) is 1.18. The van der Waals surface area contributed by atoms with Gasteiger partial charge >= 0.3 is 24.8 Å². The van der Waals surface area contributed by atoms with Gasteiger partial charge in [-0.3, -0.25) is 9.09 Å². The highest BCUT2D eigenvalue weighted by atomic mass is 31.2. The smallest absolute Gasteiger partial charge is 0.371 e. The Morgan fingerprint density at radius 3 is 2.27 bits per heavy atom. The standard InChI is InChI=1S/C10H19O10PSi/c1-5-17-6-21(16)10(15,20-21)8(12)19-18-7(11)9(13,14)22(2,3)4/h13-15H,5-6H2,1-4H3. The van der Waals surface area contributed by atoms with Crippen molar-refractivity contribution in [3.8, 4) is 0 Å². The molecule has 1 heterocycles.